The molecule has 0 spiro atoms. The van der Waals surface area contributed by atoms with Crippen molar-refractivity contribution >= 4 is 10.8 Å². The molecule has 0 amide bonds. The Bertz CT molecular complexity index is 333. The van der Waals surface area contributed by atoms with E-state index in [1.54, 1.807) is 0 Å². The van der Waals surface area contributed by atoms with E-state index in [0.29, 0.717) is 0 Å². The van der Waals surface area contributed by atoms with Gasteiger partial charge in [0.1, 0.15) is 11.5 Å². The van der Waals surface area contributed by atoms with Gasteiger partial charge in [0.25, 0.3) is 0 Å². The number of nitrogens with one attached hydrogen (secondary N) is 1. The van der Waals surface area contributed by atoms with Crippen LogP contribution in [0.4, 0.5) is 0 Å². The highest BCUT2D eigenvalue weighted by Crippen LogP contribution is 2.12. The second kappa shape index (κ2) is 6.08. The number of hydrogen-bond acceptors (Lipinski definition) is 3. The van der Waals surface area contributed by atoms with Crippen molar-refractivity contribution < 1.29 is 8.63 Å². The average molecular weight is 229 g/mol. The van der Waals surface area contributed by atoms with Crippen LogP contribution in [0, 0.1) is 13.8 Å². The van der Waals surface area contributed by atoms with Gasteiger partial charge >= 0.3 is 0 Å². The molecule has 0 saturated heterocycles. The van der Waals surface area contributed by atoms with Crippen molar-refractivity contribution in [2.45, 2.75) is 27.3 Å². The van der Waals surface area contributed by atoms with Gasteiger partial charge in [-0.2, -0.15) is 0 Å². The fourth-order valence-electron chi connectivity index (χ4n) is 1.41. The minimum atomic E-state index is -0.671. The molecule has 86 valence electrons. The second-order valence-electron chi connectivity index (χ2n) is 3.55. The third kappa shape index (κ3) is 4.18. The van der Waals surface area contributed by atoms with Gasteiger partial charge < -0.3 is 9.73 Å². The van der Waals surface area contributed by atoms with E-state index in [2.05, 4.69) is 5.32 Å². The first-order valence-corrected chi connectivity index (χ1v) is 6.74. The highest BCUT2D eigenvalue weighted by Gasteiger charge is 2.03. The molecule has 1 heterocycles. The molecule has 1 N–H and O–H groups in total. The van der Waals surface area contributed by atoms with Crippen molar-refractivity contribution in [2.24, 2.45) is 0 Å². The molecule has 1 atom stereocenters. The second-order valence-corrected chi connectivity index (χ2v) is 5.41. The van der Waals surface area contributed by atoms with Crippen LogP contribution >= 0.6 is 0 Å². The Labute approximate surface area is 93.7 Å². The van der Waals surface area contributed by atoms with Crippen LogP contribution in [0.5, 0.6) is 0 Å². The van der Waals surface area contributed by atoms with Crippen LogP contribution < -0.4 is 5.32 Å². The molecule has 1 unspecified atom stereocenters. The average Bonchev–Trinajstić information content (AvgIpc) is 2.52. The van der Waals surface area contributed by atoms with Gasteiger partial charge in [-0.05, 0) is 19.9 Å². The normalized spacial score (nSPS) is 13.0. The molecule has 15 heavy (non-hydrogen) atoms. The molecule has 0 aliphatic rings. The molecule has 0 saturated carbocycles. The summed E-state index contributed by atoms with van der Waals surface area (Å²) in [6.07, 6.45) is 0. The minimum absolute atomic E-state index is 0.671. The molecule has 0 fully saturated rings. The predicted octanol–water partition coefficient (Wildman–Crippen LogP) is 1.75. The van der Waals surface area contributed by atoms with Gasteiger partial charge in [-0.1, -0.05) is 6.92 Å². The maximum Gasteiger partial charge on any atom is 0.105 e. The summed E-state index contributed by atoms with van der Waals surface area (Å²) in [4.78, 5) is 0. The van der Waals surface area contributed by atoms with E-state index < -0.39 is 10.8 Å². The third-order valence-electron chi connectivity index (χ3n) is 2.29. The van der Waals surface area contributed by atoms with E-state index in [1.165, 1.54) is 5.56 Å². The van der Waals surface area contributed by atoms with Gasteiger partial charge in [-0.25, -0.2) is 0 Å². The lowest BCUT2D eigenvalue weighted by Crippen LogP contribution is -2.20. The van der Waals surface area contributed by atoms with Gasteiger partial charge in [-0.15, -0.1) is 0 Å². The monoisotopic (exact) mass is 229 g/mol. The van der Waals surface area contributed by atoms with Gasteiger partial charge in [-0.3, -0.25) is 4.21 Å². The molecule has 4 heteroatoms. The van der Waals surface area contributed by atoms with Crippen molar-refractivity contribution in [3.8, 4) is 0 Å². The molecule has 1 aromatic rings. The zero-order chi connectivity index (χ0) is 11.3. The molecule has 1 aromatic heterocycles. The summed E-state index contributed by atoms with van der Waals surface area (Å²) in [5, 5.41) is 3.27. The van der Waals surface area contributed by atoms with Crippen LogP contribution in [0.1, 0.15) is 24.0 Å². The molecular weight excluding hydrogens is 210 g/mol. The van der Waals surface area contributed by atoms with Crippen LogP contribution in [0.2, 0.25) is 0 Å². The summed E-state index contributed by atoms with van der Waals surface area (Å²) < 4.78 is 16.6. The Morgan fingerprint density at radius 3 is 2.73 bits per heavy atom. The highest BCUT2D eigenvalue weighted by molar-refractivity contribution is 7.84. The fourth-order valence-corrected chi connectivity index (χ4v) is 2.07. The quantitative estimate of drug-likeness (QED) is 0.756. The fraction of sp³-hybridized carbons (Fsp3) is 0.636. The number of aryl methyl sites for hydroxylation is 2. The van der Waals surface area contributed by atoms with E-state index in [9.17, 15) is 4.21 Å². The minimum Gasteiger partial charge on any atom is -0.466 e. The van der Waals surface area contributed by atoms with Crippen LogP contribution in [0.15, 0.2) is 10.5 Å². The Kier molecular flexibility index (Phi) is 5.05. The van der Waals surface area contributed by atoms with E-state index in [4.69, 9.17) is 4.42 Å². The van der Waals surface area contributed by atoms with E-state index in [0.717, 1.165) is 36.1 Å². The van der Waals surface area contributed by atoms with Crippen molar-refractivity contribution in [3.05, 3.63) is 23.2 Å². The lowest BCUT2D eigenvalue weighted by molar-refractivity contribution is 0.499. The number of hydrogen-bond donors (Lipinski definition) is 1. The lowest BCUT2D eigenvalue weighted by Gasteiger charge is -2.02. The standard InChI is InChI=1S/C11H19NO2S/c1-4-15(13)6-5-12-8-11-7-9(2)14-10(11)3/h7,12H,4-6,8H2,1-3H3. The maximum absolute atomic E-state index is 11.1. The summed E-state index contributed by atoms with van der Waals surface area (Å²) in [5.41, 5.74) is 1.19. The molecule has 0 aliphatic heterocycles. The maximum atomic E-state index is 11.1. The highest BCUT2D eigenvalue weighted by atomic mass is 32.2. The molecule has 0 bridgehead atoms. The first-order valence-electron chi connectivity index (χ1n) is 5.25. The van der Waals surface area contributed by atoms with Crippen LogP contribution in [-0.4, -0.2) is 22.3 Å². The zero-order valence-corrected chi connectivity index (χ0v) is 10.4. The van der Waals surface area contributed by atoms with Crippen LogP contribution in [0.3, 0.4) is 0 Å². The summed E-state index contributed by atoms with van der Waals surface area (Å²) >= 11 is 0. The Hall–Kier alpha value is -0.610. The van der Waals surface area contributed by atoms with Crippen LogP contribution in [0.25, 0.3) is 0 Å². The van der Waals surface area contributed by atoms with Gasteiger partial charge in [0, 0.05) is 41.0 Å². The Balaban J connectivity index is 2.26. The molecular formula is C11H19NO2S. The molecule has 0 radical (unpaired) electrons. The van der Waals surface area contributed by atoms with E-state index >= 15 is 0 Å². The topological polar surface area (TPSA) is 42.2 Å². The van der Waals surface area contributed by atoms with Gasteiger partial charge in [0.2, 0.25) is 0 Å². The molecule has 1 rings (SSSR count). The molecule has 0 aromatic carbocycles. The predicted molar refractivity (Wildman–Crippen MR) is 63.4 cm³/mol. The van der Waals surface area contributed by atoms with Gasteiger partial charge in [0.15, 0.2) is 0 Å². The number of rotatable bonds is 6. The van der Waals surface area contributed by atoms with Crippen molar-refractivity contribution in [2.75, 3.05) is 18.1 Å². The third-order valence-corrected chi connectivity index (χ3v) is 3.59. The summed E-state index contributed by atoms with van der Waals surface area (Å²) in [5.74, 6) is 3.39. The van der Waals surface area contributed by atoms with Crippen molar-refractivity contribution in [3.63, 3.8) is 0 Å². The first kappa shape index (κ1) is 12.5. The van der Waals surface area contributed by atoms with Crippen molar-refractivity contribution in [1.82, 2.24) is 5.32 Å². The largest absolute Gasteiger partial charge is 0.466 e. The summed E-state index contributed by atoms with van der Waals surface area (Å²) in [6, 6.07) is 2.04. The van der Waals surface area contributed by atoms with E-state index in [1.807, 2.05) is 26.8 Å². The van der Waals surface area contributed by atoms with Crippen molar-refractivity contribution in [1.29, 1.82) is 0 Å². The Morgan fingerprint density at radius 1 is 1.47 bits per heavy atom. The summed E-state index contributed by atoms with van der Waals surface area (Å²) in [7, 11) is -0.671. The molecule has 0 aliphatic carbocycles. The Morgan fingerprint density at radius 2 is 2.20 bits per heavy atom. The SMILES string of the molecule is CCS(=O)CCNCc1cc(C)oc1C. The van der Waals surface area contributed by atoms with E-state index in [-0.39, 0.29) is 0 Å². The number of furan rings is 1. The summed E-state index contributed by atoms with van der Waals surface area (Å²) in [6.45, 7) is 7.45. The lowest BCUT2D eigenvalue weighted by atomic mass is 10.2. The van der Waals surface area contributed by atoms with Crippen LogP contribution in [-0.2, 0) is 17.3 Å². The van der Waals surface area contributed by atoms with Gasteiger partial charge in [0.05, 0.1) is 0 Å². The zero-order valence-electron chi connectivity index (χ0n) is 9.63. The molecule has 3 nitrogen and oxygen atoms in total. The first-order chi connectivity index (χ1) is 7.13. The smallest absolute Gasteiger partial charge is 0.105 e.